The minimum atomic E-state index is -0.194. The molecule has 0 N–H and O–H groups in total. The molecule has 14 rings (SSSR count). The van der Waals surface area contributed by atoms with E-state index in [1.54, 1.807) is 5.56 Å². The predicted molar refractivity (Wildman–Crippen MR) is 264 cm³/mol. The molecule has 7 aromatic carbocycles. The SMILES string of the molecule is CC1(C)c2cc(N(c3ccc(C4CCCCC4)cc3)c3ccc(C45CC6CC(CC(C6)C4)C5)cc3)ccc2-c2cc3c4cc(-c5ccccc5)ccc4n(-c4ccccc4)c3cc21. The first-order chi connectivity index (χ1) is 30.9. The Hall–Kier alpha value is -5.86. The van der Waals surface area contributed by atoms with E-state index in [0.717, 1.165) is 17.8 Å². The first-order valence-corrected chi connectivity index (χ1v) is 24.3. The number of rotatable bonds is 7. The van der Waals surface area contributed by atoms with Gasteiger partial charge in [0.2, 0.25) is 0 Å². The van der Waals surface area contributed by atoms with Crippen molar-refractivity contribution < 1.29 is 0 Å². The van der Waals surface area contributed by atoms with E-state index < -0.39 is 0 Å². The number of aromatic nitrogens is 1. The van der Waals surface area contributed by atoms with Crippen molar-refractivity contribution in [3.8, 4) is 27.9 Å². The predicted octanol–water partition coefficient (Wildman–Crippen LogP) is 16.7. The van der Waals surface area contributed by atoms with E-state index in [0.29, 0.717) is 11.3 Å². The summed E-state index contributed by atoms with van der Waals surface area (Å²) in [5.41, 5.74) is 18.7. The zero-order chi connectivity index (χ0) is 41.9. The van der Waals surface area contributed by atoms with Crippen LogP contribution in [0.2, 0.25) is 0 Å². The first kappa shape index (κ1) is 37.7. The molecule has 4 bridgehead atoms. The van der Waals surface area contributed by atoms with E-state index in [9.17, 15) is 0 Å². The van der Waals surface area contributed by atoms with Crippen molar-refractivity contribution >= 4 is 38.9 Å². The molecule has 0 radical (unpaired) electrons. The van der Waals surface area contributed by atoms with Crippen molar-refractivity contribution in [3.05, 3.63) is 180 Å². The summed E-state index contributed by atoms with van der Waals surface area (Å²) in [6, 6.07) is 60.8. The van der Waals surface area contributed by atoms with Crippen molar-refractivity contribution in [1.29, 1.82) is 0 Å². The van der Waals surface area contributed by atoms with Crippen LogP contribution in [0, 0.1) is 17.8 Å². The molecule has 5 saturated carbocycles. The van der Waals surface area contributed by atoms with Crippen LogP contribution < -0.4 is 4.90 Å². The minimum absolute atomic E-state index is 0.194. The topological polar surface area (TPSA) is 8.17 Å². The Bertz CT molecular complexity index is 2980. The fraction of sp³-hybridized carbons (Fsp3) is 0.311. The van der Waals surface area contributed by atoms with Crippen LogP contribution in [-0.4, -0.2) is 4.57 Å². The lowest BCUT2D eigenvalue weighted by atomic mass is 9.48. The number of benzene rings is 7. The maximum absolute atomic E-state index is 2.55. The van der Waals surface area contributed by atoms with E-state index in [2.05, 4.69) is 181 Å². The molecule has 2 heteroatoms. The normalized spacial score (nSPS) is 23.3. The maximum Gasteiger partial charge on any atom is 0.0544 e. The number of hydrogen-bond acceptors (Lipinski definition) is 1. The van der Waals surface area contributed by atoms with Crippen LogP contribution >= 0.6 is 0 Å². The third kappa shape index (κ3) is 6.03. The second kappa shape index (κ2) is 14.3. The van der Waals surface area contributed by atoms with E-state index in [1.807, 2.05) is 0 Å². The molecule has 63 heavy (non-hydrogen) atoms. The monoisotopic (exact) mass is 818 g/mol. The smallest absolute Gasteiger partial charge is 0.0544 e. The van der Waals surface area contributed by atoms with Crippen molar-refractivity contribution in [3.63, 3.8) is 0 Å². The second-order valence-electron chi connectivity index (χ2n) is 21.0. The van der Waals surface area contributed by atoms with Gasteiger partial charge in [-0.3, -0.25) is 0 Å². The molecule has 0 aliphatic heterocycles. The highest BCUT2D eigenvalue weighted by Gasteiger charge is 2.51. The summed E-state index contributed by atoms with van der Waals surface area (Å²) in [6.07, 6.45) is 15.4. The van der Waals surface area contributed by atoms with Crippen LogP contribution in [0.1, 0.15) is 113 Å². The summed E-state index contributed by atoms with van der Waals surface area (Å²) >= 11 is 0. The zero-order valence-corrected chi connectivity index (χ0v) is 37.0. The summed E-state index contributed by atoms with van der Waals surface area (Å²) in [5, 5.41) is 2.60. The fourth-order valence-electron chi connectivity index (χ4n) is 14.2. The molecular weight excluding hydrogens is 761 g/mol. The van der Waals surface area contributed by atoms with Gasteiger partial charge in [-0.05, 0) is 198 Å². The Labute approximate surface area is 373 Å². The molecule has 0 amide bonds. The Morgan fingerprint density at radius 3 is 1.78 bits per heavy atom. The van der Waals surface area contributed by atoms with E-state index in [1.165, 1.54) is 154 Å². The van der Waals surface area contributed by atoms with E-state index >= 15 is 0 Å². The Balaban J connectivity index is 0.935. The largest absolute Gasteiger partial charge is 0.310 e. The number of para-hydroxylation sites is 1. The molecule has 0 spiro atoms. The highest BCUT2D eigenvalue weighted by atomic mass is 15.1. The summed E-state index contributed by atoms with van der Waals surface area (Å²) in [7, 11) is 0. The van der Waals surface area contributed by atoms with Gasteiger partial charge in [0, 0.05) is 38.9 Å². The third-order valence-electron chi connectivity index (χ3n) is 16.9. The van der Waals surface area contributed by atoms with Gasteiger partial charge in [0.05, 0.1) is 11.0 Å². The molecule has 2 nitrogen and oxygen atoms in total. The van der Waals surface area contributed by atoms with Gasteiger partial charge >= 0.3 is 0 Å². The fourth-order valence-corrected chi connectivity index (χ4v) is 14.2. The van der Waals surface area contributed by atoms with E-state index in [-0.39, 0.29) is 5.41 Å². The summed E-state index contributed by atoms with van der Waals surface area (Å²) in [5.74, 6) is 3.52. The molecule has 0 saturated heterocycles. The average molecular weight is 819 g/mol. The highest BCUT2D eigenvalue weighted by molar-refractivity contribution is 6.12. The molecule has 1 heterocycles. The summed E-state index contributed by atoms with van der Waals surface area (Å²) in [4.78, 5) is 2.55. The van der Waals surface area contributed by atoms with Crippen LogP contribution in [0.25, 0.3) is 49.7 Å². The van der Waals surface area contributed by atoms with Crippen LogP contribution in [0.3, 0.4) is 0 Å². The summed E-state index contributed by atoms with van der Waals surface area (Å²) < 4.78 is 2.48. The second-order valence-corrected chi connectivity index (χ2v) is 21.0. The molecule has 6 aliphatic carbocycles. The van der Waals surface area contributed by atoms with Gasteiger partial charge in [0.1, 0.15) is 0 Å². The van der Waals surface area contributed by atoms with Crippen LogP contribution in [0.4, 0.5) is 17.1 Å². The van der Waals surface area contributed by atoms with Crippen molar-refractivity contribution in [1.82, 2.24) is 4.57 Å². The van der Waals surface area contributed by atoms with Gasteiger partial charge < -0.3 is 9.47 Å². The van der Waals surface area contributed by atoms with Gasteiger partial charge in [-0.25, -0.2) is 0 Å². The molecule has 6 aliphatic rings. The lowest BCUT2D eigenvalue weighted by molar-refractivity contribution is -0.00518. The maximum atomic E-state index is 2.55. The minimum Gasteiger partial charge on any atom is -0.310 e. The lowest BCUT2D eigenvalue weighted by Gasteiger charge is -2.57. The standard InChI is InChI=1S/C61H58N2/c1-60(2)56-34-51(27-28-52(56)53-35-55-54-33-46(44-14-8-4-9-15-44)20-29-58(54)63(59(55)36-57(53)60)48-16-10-5-11-17-48)62(49-23-18-45(19-24-49)43-12-6-3-7-13-43)50-25-21-47(22-26-50)61-37-40-30-41(38-61)32-42(31-40)39-61/h4-5,8-11,14-29,33-36,40-43H,3,6-7,12-13,30-32,37-39H2,1-2H3. The molecular formula is C61H58N2. The van der Waals surface area contributed by atoms with Gasteiger partial charge in [-0.2, -0.15) is 0 Å². The molecule has 5 fully saturated rings. The van der Waals surface area contributed by atoms with Crippen molar-refractivity contribution in [2.45, 2.75) is 101 Å². The van der Waals surface area contributed by atoms with Gasteiger partial charge in [0.15, 0.2) is 0 Å². The molecule has 1 aromatic heterocycles. The highest BCUT2D eigenvalue weighted by Crippen LogP contribution is 2.61. The Morgan fingerprint density at radius 1 is 0.492 bits per heavy atom. The average Bonchev–Trinajstić information content (AvgIpc) is 3.76. The molecule has 8 aromatic rings. The molecule has 312 valence electrons. The zero-order valence-electron chi connectivity index (χ0n) is 37.0. The van der Waals surface area contributed by atoms with Gasteiger partial charge in [-0.1, -0.05) is 118 Å². The van der Waals surface area contributed by atoms with Crippen molar-refractivity contribution in [2.75, 3.05) is 4.90 Å². The van der Waals surface area contributed by atoms with Gasteiger partial charge in [-0.15, -0.1) is 0 Å². The van der Waals surface area contributed by atoms with Crippen LogP contribution in [0.5, 0.6) is 0 Å². The Kier molecular flexibility index (Phi) is 8.57. The number of hydrogen-bond donors (Lipinski definition) is 0. The van der Waals surface area contributed by atoms with Crippen LogP contribution in [-0.2, 0) is 10.8 Å². The van der Waals surface area contributed by atoms with Gasteiger partial charge in [0.25, 0.3) is 0 Å². The molecule has 0 atom stereocenters. The van der Waals surface area contributed by atoms with E-state index in [4.69, 9.17) is 0 Å². The Morgan fingerprint density at radius 2 is 1.10 bits per heavy atom. The number of fused-ring (bicyclic) bond motifs is 6. The summed E-state index contributed by atoms with van der Waals surface area (Å²) in [6.45, 7) is 4.89. The first-order valence-electron chi connectivity index (χ1n) is 24.3. The molecule has 0 unspecified atom stereocenters. The van der Waals surface area contributed by atoms with Crippen LogP contribution in [0.15, 0.2) is 158 Å². The third-order valence-corrected chi connectivity index (χ3v) is 16.9. The van der Waals surface area contributed by atoms with Crippen molar-refractivity contribution in [2.24, 2.45) is 17.8 Å². The quantitative estimate of drug-likeness (QED) is 0.156. The lowest BCUT2D eigenvalue weighted by Crippen LogP contribution is -2.48. The number of anilines is 3. The number of nitrogens with zero attached hydrogens (tertiary/aromatic N) is 2.